The van der Waals surface area contributed by atoms with E-state index < -0.39 is 0 Å². The fourth-order valence-corrected chi connectivity index (χ4v) is 1.25. The van der Waals surface area contributed by atoms with Gasteiger partial charge in [0.15, 0.2) is 0 Å². The Bertz CT molecular complexity index is 213. The molecule has 0 aromatic heterocycles. The number of aryl methyl sites for hydroxylation is 2. The van der Waals surface area contributed by atoms with Crippen LogP contribution in [0.25, 0.3) is 0 Å². The first-order chi connectivity index (χ1) is 6.29. The molecule has 0 unspecified atom stereocenters. The van der Waals surface area contributed by atoms with Crippen molar-refractivity contribution in [3.63, 3.8) is 0 Å². The minimum absolute atomic E-state index is 1.16. The topological polar surface area (TPSA) is 0 Å². The highest BCUT2D eigenvalue weighted by molar-refractivity contribution is 5.26. The first kappa shape index (κ1) is 12.0. The molecule has 0 fully saturated rings. The molecule has 0 radical (unpaired) electrons. The molecule has 0 spiro atoms. The van der Waals surface area contributed by atoms with E-state index in [1.54, 1.807) is 6.08 Å². The van der Waals surface area contributed by atoms with E-state index in [9.17, 15) is 0 Å². The maximum atomic E-state index is 3.36. The quantitative estimate of drug-likeness (QED) is 0.597. The second-order valence-corrected chi connectivity index (χ2v) is 2.88. The minimum atomic E-state index is 1.16. The highest BCUT2D eigenvalue weighted by Gasteiger charge is 1.93. The number of rotatable bonds is 2. The summed E-state index contributed by atoms with van der Waals surface area (Å²) in [5, 5.41) is 0. The Morgan fingerprint density at radius 2 is 1.38 bits per heavy atom. The Labute approximate surface area is 82.3 Å². The smallest absolute Gasteiger partial charge is 0.0305 e. The second-order valence-electron chi connectivity index (χ2n) is 2.88. The summed E-state index contributed by atoms with van der Waals surface area (Å²) in [7, 11) is 0. The molecule has 0 bridgehead atoms. The van der Waals surface area contributed by atoms with E-state index in [2.05, 4.69) is 44.7 Å². The van der Waals surface area contributed by atoms with Crippen LogP contribution >= 0.6 is 0 Å². The Morgan fingerprint density at radius 1 is 1.08 bits per heavy atom. The van der Waals surface area contributed by atoms with Gasteiger partial charge in [0.2, 0.25) is 0 Å². The summed E-state index contributed by atoms with van der Waals surface area (Å²) >= 11 is 0. The Balaban J connectivity index is 0.000000424. The highest BCUT2D eigenvalue weighted by atomic mass is 14.0. The van der Waals surface area contributed by atoms with Gasteiger partial charge in [-0.05, 0) is 30.9 Å². The summed E-state index contributed by atoms with van der Waals surface area (Å²) in [6.45, 7) is 9.66. The Kier molecular flexibility index (Phi) is 6.99. The lowest BCUT2D eigenvalue weighted by Crippen LogP contribution is -1.88. The molecular weight excluding hydrogens is 156 g/mol. The summed E-state index contributed by atoms with van der Waals surface area (Å²) in [5.74, 6) is 0. The average molecular weight is 176 g/mol. The molecule has 1 aromatic rings. The molecule has 1 rings (SSSR count). The largest absolute Gasteiger partial charge is 0.103 e. The molecule has 0 atom stereocenters. The predicted molar refractivity (Wildman–Crippen MR) is 61.1 cm³/mol. The van der Waals surface area contributed by atoms with Gasteiger partial charge in [-0.1, -0.05) is 44.2 Å². The summed E-state index contributed by atoms with van der Waals surface area (Å²) in [4.78, 5) is 0. The van der Waals surface area contributed by atoms with Crippen LogP contribution in [0.3, 0.4) is 0 Å². The zero-order valence-electron chi connectivity index (χ0n) is 9.01. The third-order valence-electron chi connectivity index (χ3n) is 1.88. The van der Waals surface area contributed by atoms with Crippen LogP contribution < -0.4 is 0 Å². The van der Waals surface area contributed by atoms with Crippen LogP contribution in [-0.4, -0.2) is 0 Å². The van der Waals surface area contributed by atoms with E-state index in [1.165, 1.54) is 11.1 Å². The van der Waals surface area contributed by atoms with Crippen molar-refractivity contribution < 1.29 is 0 Å². The molecule has 13 heavy (non-hydrogen) atoms. The molecule has 0 nitrogen and oxygen atoms in total. The molecule has 1 aromatic carbocycles. The summed E-state index contributed by atoms with van der Waals surface area (Å²) in [6.07, 6.45) is 4.06. The predicted octanol–water partition coefficient (Wildman–Crippen LogP) is 4.00. The number of allylic oxidation sites excluding steroid dienone is 1. The molecule has 0 saturated carbocycles. The fraction of sp³-hybridized carbons (Fsp3) is 0.385. The SMILES string of the molecule is C=CC.CCc1ccccc1CC. The molecule has 0 aliphatic heterocycles. The van der Waals surface area contributed by atoms with Crippen molar-refractivity contribution in [1.82, 2.24) is 0 Å². The van der Waals surface area contributed by atoms with Crippen molar-refractivity contribution in [3.05, 3.63) is 48.0 Å². The normalized spacial score (nSPS) is 8.54. The molecule has 0 heteroatoms. The van der Waals surface area contributed by atoms with Crippen LogP contribution in [0.1, 0.15) is 31.9 Å². The molecule has 0 aliphatic carbocycles. The minimum Gasteiger partial charge on any atom is -0.103 e. The molecular formula is C13H20. The lowest BCUT2D eigenvalue weighted by molar-refractivity contribution is 1.04. The van der Waals surface area contributed by atoms with Gasteiger partial charge in [0.05, 0.1) is 0 Å². The molecule has 0 amide bonds. The van der Waals surface area contributed by atoms with Crippen molar-refractivity contribution in [2.24, 2.45) is 0 Å². The lowest BCUT2D eigenvalue weighted by Gasteiger charge is -2.02. The van der Waals surface area contributed by atoms with Gasteiger partial charge in [-0.15, -0.1) is 6.58 Å². The molecule has 0 N–H and O–H groups in total. The van der Waals surface area contributed by atoms with E-state index >= 15 is 0 Å². The number of hydrogen-bond acceptors (Lipinski definition) is 0. The summed E-state index contributed by atoms with van der Waals surface area (Å²) < 4.78 is 0. The average Bonchev–Trinajstić information content (AvgIpc) is 2.19. The Morgan fingerprint density at radius 3 is 1.62 bits per heavy atom. The zero-order chi connectivity index (χ0) is 10.1. The van der Waals surface area contributed by atoms with Gasteiger partial charge in [-0.25, -0.2) is 0 Å². The first-order valence-corrected chi connectivity index (χ1v) is 4.93. The van der Waals surface area contributed by atoms with Gasteiger partial charge >= 0.3 is 0 Å². The van der Waals surface area contributed by atoms with Gasteiger partial charge in [0.25, 0.3) is 0 Å². The van der Waals surface area contributed by atoms with Gasteiger partial charge in [-0.3, -0.25) is 0 Å². The maximum Gasteiger partial charge on any atom is -0.0305 e. The maximum absolute atomic E-state index is 3.36. The van der Waals surface area contributed by atoms with E-state index in [4.69, 9.17) is 0 Å². The van der Waals surface area contributed by atoms with E-state index in [1.807, 2.05) is 6.92 Å². The fourth-order valence-electron chi connectivity index (χ4n) is 1.25. The van der Waals surface area contributed by atoms with Crippen LogP contribution in [0.5, 0.6) is 0 Å². The van der Waals surface area contributed by atoms with Crippen molar-refractivity contribution in [2.45, 2.75) is 33.6 Å². The van der Waals surface area contributed by atoms with E-state index in [-0.39, 0.29) is 0 Å². The van der Waals surface area contributed by atoms with Crippen LogP contribution in [0.2, 0.25) is 0 Å². The van der Waals surface area contributed by atoms with Crippen LogP contribution in [-0.2, 0) is 12.8 Å². The molecule has 0 heterocycles. The van der Waals surface area contributed by atoms with Gasteiger partial charge in [0.1, 0.15) is 0 Å². The van der Waals surface area contributed by atoms with Crippen molar-refractivity contribution in [2.75, 3.05) is 0 Å². The van der Waals surface area contributed by atoms with E-state index in [0.29, 0.717) is 0 Å². The van der Waals surface area contributed by atoms with Crippen LogP contribution in [0.4, 0.5) is 0 Å². The second kappa shape index (κ2) is 7.60. The van der Waals surface area contributed by atoms with E-state index in [0.717, 1.165) is 12.8 Å². The van der Waals surface area contributed by atoms with Gasteiger partial charge in [0, 0.05) is 0 Å². The van der Waals surface area contributed by atoms with Crippen LogP contribution in [0.15, 0.2) is 36.9 Å². The highest BCUT2D eigenvalue weighted by Crippen LogP contribution is 2.08. The third kappa shape index (κ3) is 4.51. The number of benzene rings is 1. The standard InChI is InChI=1S/C10H14.C3H6/c1-3-9-7-5-6-8-10(9)4-2;1-3-2/h5-8H,3-4H2,1-2H3;3H,1H2,2H3. The van der Waals surface area contributed by atoms with Crippen LogP contribution in [0, 0.1) is 0 Å². The number of hydrogen-bond donors (Lipinski definition) is 0. The monoisotopic (exact) mass is 176 g/mol. The molecule has 0 aliphatic rings. The molecule has 72 valence electrons. The van der Waals surface area contributed by atoms with Gasteiger partial charge in [-0.2, -0.15) is 0 Å². The van der Waals surface area contributed by atoms with Crippen molar-refractivity contribution in [1.29, 1.82) is 0 Å². The zero-order valence-corrected chi connectivity index (χ0v) is 9.01. The molecule has 0 saturated heterocycles. The summed E-state index contributed by atoms with van der Waals surface area (Å²) in [5.41, 5.74) is 2.98. The van der Waals surface area contributed by atoms with Gasteiger partial charge < -0.3 is 0 Å². The lowest BCUT2D eigenvalue weighted by atomic mass is 10.0. The van der Waals surface area contributed by atoms with Crippen molar-refractivity contribution in [3.8, 4) is 0 Å². The Hall–Kier alpha value is -1.04. The first-order valence-electron chi connectivity index (χ1n) is 4.93. The van der Waals surface area contributed by atoms with Crippen molar-refractivity contribution >= 4 is 0 Å². The summed E-state index contributed by atoms with van der Waals surface area (Å²) in [6, 6.07) is 8.63. The third-order valence-corrected chi connectivity index (χ3v) is 1.88.